The third-order valence-electron chi connectivity index (χ3n) is 2.55. The third-order valence-corrected chi connectivity index (χ3v) is 2.89. The Morgan fingerprint density at radius 1 is 1.38 bits per heavy atom. The van der Waals surface area contributed by atoms with Gasteiger partial charge in [-0.3, -0.25) is 0 Å². The molecule has 0 aliphatic rings. The minimum Gasteiger partial charge on any atom is -0.398 e. The van der Waals surface area contributed by atoms with Crippen molar-refractivity contribution < 1.29 is 5.11 Å². The molecule has 3 nitrogen and oxygen atoms in total. The SMILES string of the molecule is CN(CCO)CCCc1ccc(Cl)c(N)c1. The number of hydrogen-bond donors (Lipinski definition) is 2. The minimum atomic E-state index is 0.213. The van der Waals surface area contributed by atoms with Gasteiger partial charge >= 0.3 is 0 Å². The Kier molecular flexibility index (Phi) is 5.60. The number of likely N-dealkylation sites (N-methyl/N-ethyl adjacent to an activating group) is 1. The Balaban J connectivity index is 2.34. The largest absolute Gasteiger partial charge is 0.398 e. The maximum atomic E-state index is 8.75. The number of nitrogens with zero attached hydrogens (tertiary/aromatic N) is 1. The van der Waals surface area contributed by atoms with E-state index < -0.39 is 0 Å². The van der Waals surface area contributed by atoms with Crippen molar-refractivity contribution >= 4 is 17.3 Å². The zero-order valence-electron chi connectivity index (χ0n) is 9.62. The van der Waals surface area contributed by atoms with Crippen LogP contribution in [-0.2, 0) is 6.42 Å². The summed E-state index contributed by atoms with van der Waals surface area (Å²) in [5.74, 6) is 0. The standard InChI is InChI=1S/C12H19ClN2O/c1-15(7-8-16)6-2-3-10-4-5-11(13)12(14)9-10/h4-5,9,16H,2-3,6-8,14H2,1H3. The molecule has 1 aromatic rings. The zero-order valence-corrected chi connectivity index (χ0v) is 10.4. The molecule has 0 atom stereocenters. The van der Waals surface area contributed by atoms with E-state index in [9.17, 15) is 0 Å². The molecule has 3 N–H and O–H groups in total. The number of nitrogens with two attached hydrogens (primary N) is 1. The first-order chi connectivity index (χ1) is 7.63. The minimum absolute atomic E-state index is 0.213. The van der Waals surface area contributed by atoms with Crippen LogP contribution in [0.25, 0.3) is 0 Å². The summed E-state index contributed by atoms with van der Waals surface area (Å²) in [7, 11) is 2.01. The van der Waals surface area contributed by atoms with E-state index in [0.717, 1.165) is 25.9 Å². The fourth-order valence-corrected chi connectivity index (χ4v) is 1.70. The predicted octanol–water partition coefficient (Wildman–Crippen LogP) is 1.78. The number of halogens is 1. The number of hydrogen-bond acceptors (Lipinski definition) is 3. The first-order valence-corrected chi connectivity index (χ1v) is 5.84. The highest BCUT2D eigenvalue weighted by Crippen LogP contribution is 2.20. The van der Waals surface area contributed by atoms with Gasteiger partial charge in [-0.25, -0.2) is 0 Å². The molecule has 16 heavy (non-hydrogen) atoms. The zero-order chi connectivity index (χ0) is 12.0. The van der Waals surface area contributed by atoms with E-state index in [2.05, 4.69) is 4.90 Å². The monoisotopic (exact) mass is 242 g/mol. The van der Waals surface area contributed by atoms with E-state index in [-0.39, 0.29) is 6.61 Å². The Hall–Kier alpha value is -0.770. The topological polar surface area (TPSA) is 49.5 Å². The van der Waals surface area contributed by atoms with E-state index in [0.29, 0.717) is 10.7 Å². The van der Waals surface area contributed by atoms with Crippen molar-refractivity contribution in [1.29, 1.82) is 0 Å². The van der Waals surface area contributed by atoms with Crippen LogP contribution in [0.4, 0.5) is 5.69 Å². The van der Waals surface area contributed by atoms with Gasteiger partial charge in [0.25, 0.3) is 0 Å². The molecule has 0 bridgehead atoms. The molecule has 1 aromatic carbocycles. The van der Waals surface area contributed by atoms with Crippen LogP contribution in [0.1, 0.15) is 12.0 Å². The molecule has 0 unspecified atom stereocenters. The highest BCUT2D eigenvalue weighted by molar-refractivity contribution is 6.33. The number of rotatable bonds is 6. The molecule has 0 aliphatic carbocycles. The van der Waals surface area contributed by atoms with Gasteiger partial charge in [0.2, 0.25) is 0 Å². The van der Waals surface area contributed by atoms with E-state index in [1.165, 1.54) is 5.56 Å². The van der Waals surface area contributed by atoms with Gasteiger partial charge in [-0.1, -0.05) is 17.7 Å². The van der Waals surface area contributed by atoms with Gasteiger partial charge in [0.15, 0.2) is 0 Å². The van der Waals surface area contributed by atoms with Crippen LogP contribution in [0, 0.1) is 0 Å². The first-order valence-electron chi connectivity index (χ1n) is 5.47. The maximum Gasteiger partial charge on any atom is 0.0635 e. The van der Waals surface area contributed by atoms with Crippen molar-refractivity contribution in [3.8, 4) is 0 Å². The number of anilines is 1. The molecule has 0 heterocycles. The van der Waals surface area contributed by atoms with Gasteiger partial charge in [0, 0.05) is 6.54 Å². The number of aliphatic hydroxyl groups excluding tert-OH is 1. The molecule has 90 valence electrons. The van der Waals surface area contributed by atoms with E-state index in [4.69, 9.17) is 22.4 Å². The average molecular weight is 243 g/mol. The summed E-state index contributed by atoms with van der Waals surface area (Å²) in [6.45, 7) is 1.91. The van der Waals surface area contributed by atoms with Crippen molar-refractivity contribution in [2.45, 2.75) is 12.8 Å². The van der Waals surface area contributed by atoms with Crippen molar-refractivity contribution in [2.24, 2.45) is 0 Å². The van der Waals surface area contributed by atoms with Crippen LogP contribution in [0.3, 0.4) is 0 Å². The van der Waals surface area contributed by atoms with E-state index in [1.54, 1.807) is 0 Å². The fourth-order valence-electron chi connectivity index (χ4n) is 1.58. The maximum absolute atomic E-state index is 8.75. The summed E-state index contributed by atoms with van der Waals surface area (Å²) in [5.41, 5.74) is 7.57. The van der Waals surface area contributed by atoms with Crippen molar-refractivity contribution in [2.75, 3.05) is 32.5 Å². The first kappa shape index (κ1) is 13.3. The lowest BCUT2D eigenvalue weighted by Gasteiger charge is -2.14. The summed E-state index contributed by atoms with van der Waals surface area (Å²) in [6, 6.07) is 5.77. The third kappa shape index (κ3) is 4.39. The van der Waals surface area contributed by atoms with Gasteiger partial charge in [0.05, 0.1) is 17.3 Å². The second-order valence-corrected chi connectivity index (χ2v) is 4.39. The highest BCUT2D eigenvalue weighted by atomic mass is 35.5. The van der Waals surface area contributed by atoms with Gasteiger partial charge < -0.3 is 15.7 Å². The molecule has 0 aliphatic heterocycles. The summed E-state index contributed by atoms with van der Waals surface area (Å²) < 4.78 is 0. The molecule has 0 saturated heterocycles. The predicted molar refractivity (Wildman–Crippen MR) is 68.8 cm³/mol. The molecular weight excluding hydrogens is 224 g/mol. The van der Waals surface area contributed by atoms with Gasteiger partial charge in [-0.05, 0) is 44.1 Å². The lowest BCUT2D eigenvalue weighted by atomic mass is 10.1. The summed E-state index contributed by atoms with van der Waals surface area (Å²) in [6.07, 6.45) is 2.04. The second kappa shape index (κ2) is 6.74. The lowest BCUT2D eigenvalue weighted by molar-refractivity contribution is 0.220. The Morgan fingerprint density at radius 3 is 2.75 bits per heavy atom. The summed E-state index contributed by atoms with van der Waals surface area (Å²) >= 11 is 5.85. The Labute approximate surface area is 102 Å². The molecule has 1 rings (SSSR count). The molecule has 0 fully saturated rings. The molecule has 4 heteroatoms. The van der Waals surface area contributed by atoms with Crippen molar-refractivity contribution in [3.63, 3.8) is 0 Å². The van der Waals surface area contributed by atoms with E-state index in [1.807, 2.05) is 25.2 Å². The Morgan fingerprint density at radius 2 is 2.12 bits per heavy atom. The number of aliphatic hydroxyl groups is 1. The quantitative estimate of drug-likeness (QED) is 0.748. The number of nitrogen functional groups attached to an aromatic ring is 1. The molecule has 0 radical (unpaired) electrons. The second-order valence-electron chi connectivity index (χ2n) is 3.99. The summed E-state index contributed by atoms with van der Waals surface area (Å²) in [4.78, 5) is 2.11. The molecule has 0 spiro atoms. The van der Waals surface area contributed by atoms with Crippen LogP contribution in [0.15, 0.2) is 18.2 Å². The fraction of sp³-hybridized carbons (Fsp3) is 0.500. The van der Waals surface area contributed by atoms with Crippen LogP contribution < -0.4 is 5.73 Å². The normalized spacial score (nSPS) is 11.0. The van der Waals surface area contributed by atoms with Crippen molar-refractivity contribution in [3.05, 3.63) is 28.8 Å². The molecule has 0 aromatic heterocycles. The van der Waals surface area contributed by atoms with Crippen LogP contribution in [0.5, 0.6) is 0 Å². The number of benzene rings is 1. The average Bonchev–Trinajstić information content (AvgIpc) is 2.24. The number of aryl methyl sites for hydroxylation is 1. The van der Waals surface area contributed by atoms with Gasteiger partial charge in [-0.2, -0.15) is 0 Å². The van der Waals surface area contributed by atoms with Crippen LogP contribution in [0.2, 0.25) is 5.02 Å². The van der Waals surface area contributed by atoms with Crippen molar-refractivity contribution in [1.82, 2.24) is 4.90 Å². The van der Waals surface area contributed by atoms with Gasteiger partial charge in [0.1, 0.15) is 0 Å². The molecular formula is C12H19ClN2O. The molecule has 0 amide bonds. The van der Waals surface area contributed by atoms with Gasteiger partial charge in [-0.15, -0.1) is 0 Å². The van der Waals surface area contributed by atoms with E-state index >= 15 is 0 Å². The molecule has 0 saturated carbocycles. The van der Waals surface area contributed by atoms with Crippen LogP contribution in [-0.4, -0.2) is 36.8 Å². The summed E-state index contributed by atoms with van der Waals surface area (Å²) in [5, 5.41) is 9.36. The van der Waals surface area contributed by atoms with Crippen LogP contribution >= 0.6 is 11.6 Å². The lowest BCUT2D eigenvalue weighted by Crippen LogP contribution is -2.23. The Bertz CT molecular complexity index is 331. The smallest absolute Gasteiger partial charge is 0.0635 e. The highest BCUT2D eigenvalue weighted by Gasteiger charge is 2.00.